The van der Waals surface area contributed by atoms with Crippen LogP contribution in [-0.4, -0.2) is 74.1 Å². The number of rotatable bonds is 5. The van der Waals surface area contributed by atoms with E-state index in [0.717, 1.165) is 64.7 Å². The molecule has 0 bridgehead atoms. The number of fused-ring (bicyclic) bond motifs is 2. The second-order valence-electron chi connectivity index (χ2n) is 11.9. The largest absolute Gasteiger partial charge is 0.383 e. The van der Waals surface area contributed by atoms with Gasteiger partial charge in [-0.05, 0) is 62.6 Å². The van der Waals surface area contributed by atoms with E-state index in [9.17, 15) is 4.79 Å². The Morgan fingerprint density at radius 3 is 2.36 bits per heavy atom. The molecule has 2 aliphatic rings. The van der Waals surface area contributed by atoms with Crippen LogP contribution in [0.1, 0.15) is 42.2 Å². The summed E-state index contributed by atoms with van der Waals surface area (Å²) >= 11 is 0. The van der Waals surface area contributed by atoms with Gasteiger partial charge in [-0.3, -0.25) is 9.69 Å². The number of piperazine rings is 1. The van der Waals surface area contributed by atoms with Crippen molar-refractivity contribution in [1.29, 1.82) is 0 Å². The number of likely N-dealkylation sites (N-methyl/N-ethyl adjacent to an activating group) is 1. The van der Waals surface area contributed by atoms with E-state index in [1.54, 1.807) is 6.33 Å². The lowest BCUT2D eigenvalue weighted by Crippen LogP contribution is -2.49. The Hall–Kier alpha value is -4.21. The minimum Gasteiger partial charge on any atom is -0.383 e. The summed E-state index contributed by atoms with van der Waals surface area (Å²) in [5.41, 5.74) is 11.8. The van der Waals surface area contributed by atoms with E-state index < -0.39 is 0 Å². The van der Waals surface area contributed by atoms with Crippen LogP contribution in [0.5, 0.6) is 0 Å². The average Bonchev–Trinajstić information content (AvgIpc) is 3.57. The number of nitrogens with one attached hydrogen (secondary N) is 1. The van der Waals surface area contributed by atoms with E-state index in [4.69, 9.17) is 10.7 Å². The number of hydrogen-bond acceptors (Lipinski definition) is 6. The number of anilines is 2. The number of aromatic nitrogens is 4. The number of carbonyl (C=O) groups excluding carboxylic acids is 1. The van der Waals surface area contributed by atoms with Gasteiger partial charge < -0.3 is 25.1 Å². The van der Waals surface area contributed by atoms with E-state index in [2.05, 4.69) is 37.9 Å². The zero-order chi connectivity index (χ0) is 28.8. The van der Waals surface area contributed by atoms with Crippen molar-refractivity contribution in [2.45, 2.75) is 37.8 Å². The highest BCUT2D eigenvalue weighted by atomic mass is 16.1. The van der Waals surface area contributed by atoms with Gasteiger partial charge in [-0.1, -0.05) is 30.3 Å². The van der Waals surface area contributed by atoms with Crippen LogP contribution in [0, 0.1) is 0 Å². The lowest BCUT2D eigenvalue weighted by molar-refractivity contribution is 0.0828. The fourth-order valence-electron chi connectivity index (χ4n) is 6.93. The molecule has 2 fully saturated rings. The first-order valence-corrected chi connectivity index (χ1v) is 15.0. The van der Waals surface area contributed by atoms with Crippen molar-refractivity contribution in [3.8, 4) is 11.1 Å². The number of aryl methyl sites for hydroxylation is 1. The van der Waals surface area contributed by atoms with E-state index in [-0.39, 0.29) is 5.91 Å². The van der Waals surface area contributed by atoms with E-state index in [1.807, 2.05) is 66.2 Å². The molecule has 0 radical (unpaired) electrons. The van der Waals surface area contributed by atoms with Gasteiger partial charge in [0.05, 0.1) is 5.39 Å². The van der Waals surface area contributed by atoms with Gasteiger partial charge >= 0.3 is 0 Å². The highest BCUT2D eigenvalue weighted by Gasteiger charge is 2.30. The van der Waals surface area contributed by atoms with Crippen molar-refractivity contribution in [3.05, 3.63) is 72.8 Å². The molecule has 0 unspecified atom stereocenters. The molecule has 9 nitrogen and oxygen atoms in total. The van der Waals surface area contributed by atoms with Gasteiger partial charge in [-0.25, -0.2) is 9.97 Å². The van der Waals surface area contributed by atoms with Crippen molar-refractivity contribution < 1.29 is 4.79 Å². The van der Waals surface area contributed by atoms with E-state index >= 15 is 0 Å². The molecule has 1 saturated carbocycles. The number of hydrogen-bond donors (Lipinski definition) is 2. The fraction of sp³-hybridized carbons (Fsp3) is 0.364. The van der Waals surface area contributed by atoms with Gasteiger partial charge in [-0.2, -0.15) is 0 Å². The lowest BCUT2D eigenvalue weighted by atomic mass is 9.89. The fourth-order valence-corrected chi connectivity index (χ4v) is 6.93. The number of carbonyl (C=O) groups is 1. The number of nitrogens with zero attached hydrogens (tertiary/aromatic N) is 6. The van der Waals surface area contributed by atoms with Crippen molar-refractivity contribution in [1.82, 2.24) is 28.9 Å². The molecule has 42 heavy (non-hydrogen) atoms. The quantitative estimate of drug-likeness (QED) is 0.307. The minimum absolute atomic E-state index is 0.136. The molecule has 4 heterocycles. The van der Waals surface area contributed by atoms with Crippen LogP contribution < -0.4 is 11.1 Å². The summed E-state index contributed by atoms with van der Waals surface area (Å²) in [7, 11) is 4.13. The third-order valence-corrected chi connectivity index (χ3v) is 9.39. The van der Waals surface area contributed by atoms with E-state index in [0.29, 0.717) is 23.6 Å². The molecular formula is C33H38N8O. The van der Waals surface area contributed by atoms with Crippen molar-refractivity contribution in [2.24, 2.45) is 7.05 Å². The van der Waals surface area contributed by atoms with Crippen LogP contribution in [0.4, 0.5) is 11.5 Å². The Bertz CT molecular complexity index is 1740. The molecule has 1 aliphatic heterocycles. The van der Waals surface area contributed by atoms with Gasteiger partial charge in [0, 0.05) is 73.7 Å². The normalized spacial score (nSPS) is 20.3. The summed E-state index contributed by atoms with van der Waals surface area (Å²) in [6.07, 6.45) is 8.44. The van der Waals surface area contributed by atoms with Gasteiger partial charge in [0.25, 0.3) is 5.91 Å². The van der Waals surface area contributed by atoms with E-state index in [1.165, 1.54) is 25.9 Å². The third kappa shape index (κ3) is 4.82. The van der Waals surface area contributed by atoms with Crippen LogP contribution in [0.2, 0.25) is 0 Å². The van der Waals surface area contributed by atoms with Gasteiger partial charge in [0.2, 0.25) is 0 Å². The Kier molecular flexibility index (Phi) is 6.91. The molecule has 0 spiro atoms. The molecule has 3 aromatic heterocycles. The molecule has 2 aromatic carbocycles. The number of amides is 1. The van der Waals surface area contributed by atoms with Crippen molar-refractivity contribution >= 4 is 39.3 Å². The van der Waals surface area contributed by atoms with Crippen LogP contribution in [0.3, 0.4) is 0 Å². The standard InChI is InChI=1S/C33H38N8O/c1-38-15-17-40(18-16-38)25-11-13-26(14-12-25)41-20-27(30-31(34)35-21-36-32(30)41)22-7-9-24(10-8-22)37-33(42)29-19-23-5-3-4-6-28(23)39(29)2/h3-10,19-21,25-26H,11-18H2,1-2H3,(H,37,42)(H2,34,35,36)/t25-,26-. The molecule has 5 aromatic rings. The van der Waals surface area contributed by atoms with Gasteiger partial charge in [0.15, 0.2) is 0 Å². The zero-order valence-electron chi connectivity index (χ0n) is 24.3. The zero-order valence-corrected chi connectivity index (χ0v) is 24.3. The highest BCUT2D eigenvalue weighted by molar-refractivity contribution is 6.06. The average molecular weight is 563 g/mol. The summed E-state index contributed by atoms with van der Waals surface area (Å²) in [5, 5.41) is 5.00. The molecule has 1 aliphatic carbocycles. The first kappa shape index (κ1) is 26.7. The Balaban J connectivity index is 1.11. The molecule has 9 heteroatoms. The van der Waals surface area contributed by atoms with Gasteiger partial charge in [-0.15, -0.1) is 0 Å². The summed E-state index contributed by atoms with van der Waals surface area (Å²) in [4.78, 5) is 27.3. The molecule has 216 valence electrons. The number of benzene rings is 2. The molecule has 0 atom stereocenters. The number of para-hydroxylation sites is 1. The Labute approximate surface area is 245 Å². The summed E-state index contributed by atoms with van der Waals surface area (Å²) in [6, 6.07) is 19.0. The molecular weight excluding hydrogens is 524 g/mol. The smallest absolute Gasteiger partial charge is 0.272 e. The van der Waals surface area contributed by atoms with Gasteiger partial charge in [0.1, 0.15) is 23.5 Å². The molecule has 1 amide bonds. The third-order valence-electron chi connectivity index (χ3n) is 9.39. The van der Waals surface area contributed by atoms with Crippen LogP contribution >= 0.6 is 0 Å². The first-order valence-electron chi connectivity index (χ1n) is 15.0. The maximum Gasteiger partial charge on any atom is 0.272 e. The SMILES string of the molecule is CN1CCN([C@H]2CC[C@H](n3cc(-c4ccc(NC(=O)c5cc6ccccc6n5C)cc4)c4c(N)ncnc43)CC2)CC1. The summed E-state index contributed by atoms with van der Waals surface area (Å²) < 4.78 is 4.26. The van der Waals surface area contributed by atoms with Crippen LogP contribution in [0.25, 0.3) is 33.1 Å². The first-order chi connectivity index (χ1) is 20.5. The Morgan fingerprint density at radius 1 is 0.905 bits per heavy atom. The lowest BCUT2D eigenvalue weighted by Gasteiger charge is -2.41. The van der Waals surface area contributed by atoms with Crippen LogP contribution in [0.15, 0.2) is 67.1 Å². The predicted molar refractivity (Wildman–Crippen MR) is 169 cm³/mol. The van der Waals surface area contributed by atoms with Crippen LogP contribution in [-0.2, 0) is 7.05 Å². The highest BCUT2D eigenvalue weighted by Crippen LogP contribution is 2.39. The summed E-state index contributed by atoms with van der Waals surface area (Å²) in [5.74, 6) is 0.357. The maximum atomic E-state index is 13.1. The Morgan fingerprint density at radius 2 is 1.62 bits per heavy atom. The van der Waals surface area contributed by atoms with Crippen molar-refractivity contribution in [3.63, 3.8) is 0 Å². The van der Waals surface area contributed by atoms with Crippen molar-refractivity contribution in [2.75, 3.05) is 44.3 Å². The molecule has 3 N–H and O–H groups in total. The second-order valence-corrected chi connectivity index (χ2v) is 11.9. The minimum atomic E-state index is -0.136. The second kappa shape index (κ2) is 10.9. The topological polar surface area (TPSA) is 97.2 Å². The summed E-state index contributed by atoms with van der Waals surface area (Å²) in [6.45, 7) is 4.66. The number of nitrogen functional groups attached to an aromatic ring is 1. The maximum absolute atomic E-state index is 13.1. The number of nitrogens with two attached hydrogens (primary N) is 1. The molecule has 7 rings (SSSR count). The monoisotopic (exact) mass is 562 g/mol. The molecule has 1 saturated heterocycles. The predicted octanol–water partition coefficient (Wildman–Crippen LogP) is 5.16.